The predicted molar refractivity (Wildman–Crippen MR) is 62.3 cm³/mol. The third kappa shape index (κ3) is 3.59. The first-order valence-corrected chi connectivity index (χ1v) is 5.81. The molecule has 1 N–H and O–H groups in total. The second kappa shape index (κ2) is 5.98. The van der Waals surface area contributed by atoms with Crippen molar-refractivity contribution in [3.8, 4) is 0 Å². The van der Waals surface area contributed by atoms with Crippen LogP contribution in [0.4, 0.5) is 0 Å². The lowest BCUT2D eigenvalue weighted by molar-refractivity contribution is -0.0180. The van der Waals surface area contributed by atoms with Gasteiger partial charge in [-0.05, 0) is 7.05 Å². The zero-order valence-electron chi connectivity index (χ0n) is 9.80. The van der Waals surface area contributed by atoms with Crippen molar-refractivity contribution >= 4 is 0 Å². The molecule has 1 aromatic rings. The SMILES string of the molecule is CN1CCOC(CNCCn2ccnc2)C1. The standard InChI is InChI=1S/C11H20N4O/c1-14-6-7-16-11(9-14)8-12-2-4-15-5-3-13-10-15/h3,5,10-12H,2,4,6-9H2,1H3. The molecule has 1 aliphatic heterocycles. The van der Waals surface area contributed by atoms with Crippen LogP contribution in [0.3, 0.4) is 0 Å². The Hall–Kier alpha value is -0.910. The molecular weight excluding hydrogens is 204 g/mol. The first-order valence-electron chi connectivity index (χ1n) is 5.81. The van der Waals surface area contributed by atoms with Crippen molar-refractivity contribution in [1.82, 2.24) is 19.8 Å². The second-order valence-corrected chi connectivity index (χ2v) is 4.26. The molecule has 5 nitrogen and oxygen atoms in total. The smallest absolute Gasteiger partial charge is 0.0946 e. The van der Waals surface area contributed by atoms with Crippen LogP contribution in [-0.2, 0) is 11.3 Å². The number of nitrogens with one attached hydrogen (secondary N) is 1. The van der Waals surface area contributed by atoms with Crippen molar-refractivity contribution in [2.45, 2.75) is 12.6 Å². The monoisotopic (exact) mass is 224 g/mol. The molecule has 1 aromatic heterocycles. The molecule has 1 unspecified atom stereocenters. The predicted octanol–water partition coefficient (Wildman–Crippen LogP) is -0.197. The van der Waals surface area contributed by atoms with Crippen molar-refractivity contribution in [3.05, 3.63) is 18.7 Å². The number of hydrogen-bond acceptors (Lipinski definition) is 4. The summed E-state index contributed by atoms with van der Waals surface area (Å²) < 4.78 is 7.73. The van der Waals surface area contributed by atoms with E-state index in [1.165, 1.54) is 0 Å². The molecule has 1 aliphatic rings. The van der Waals surface area contributed by atoms with E-state index in [1.54, 1.807) is 6.20 Å². The summed E-state index contributed by atoms with van der Waals surface area (Å²) in [6.07, 6.45) is 5.96. The highest BCUT2D eigenvalue weighted by molar-refractivity contribution is 4.75. The largest absolute Gasteiger partial charge is 0.374 e. The van der Waals surface area contributed by atoms with Gasteiger partial charge in [-0.3, -0.25) is 0 Å². The topological polar surface area (TPSA) is 42.3 Å². The fourth-order valence-electron chi connectivity index (χ4n) is 1.88. The van der Waals surface area contributed by atoms with Crippen LogP contribution in [0.5, 0.6) is 0 Å². The normalized spacial score (nSPS) is 22.4. The summed E-state index contributed by atoms with van der Waals surface area (Å²) in [6.45, 7) is 5.77. The molecule has 0 aliphatic carbocycles. The molecule has 1 fully saturated rings. The summed E-state index contributed by atoms with van der Waals surface area (Å²) in [5.41, 5.74) is 0. The first-order chi connectivity index (χ1) is 7.84. The molecule has 1 saturated heterocycles. The highest BCUT2D eigenvalue weighted by atomic mass is 16.5. The van der Waals surface area contributed by atoms with Crippen LogP contribution < -0.4 is 5.32 Å². The Labute approximate surface area is 96.4 Å². The molecule has 0 saturated carbocycles. The van der Waals surface area contributed by atoms with E-state index in [-0.39, 0.29) is 0 Å². The van der Waals surface area contributed by atoms with Gasteiger partial charge in [0.25, 0.3) is 0 Å². The van der Waals surface area contributed by atoms with Crippen molar-refractivity contribution in [1.29, 1.82) is 0 Å². The van der Waals surface area contributed by atoms with E-state index in [1.807, 2.05) is 12.5 Å². The fourth-order valence-corrected chi connectivity index (χ4v) is 1.88. The van der Waals surface area contributed by atoms with E-state index < -0.39 is 0 Å². The Bertz CT molecular complexity index is 288. The number of aromatic nitrogens is 2. The van der Waals surface area contributed by atoms with Crippen LogP contribution in [0, 0.1) is 0 Å². The lowest BCUT2D eigenvalue weighted by atomic mass is 10.3. The van der Waals surface area contributed by atoms with Crippen molar-refractivity contribution < 1.29 is 4.74 Å². The summed E-state index contributed by atoms with van der Waals surface area (Å²) in [6, 6.07) is 0. The van der Waals surface area contributed by atoms with Crippen molar-refractivity contribution in [3.63, 3.8) is 0 Å². The minimum atomic E-state index is 0.335. The molecule has 0 aromatic carbocycles. The van der Waals surface area contributed by atoms with E-state index in [9.17, 15) is 0 Å². The number of morpholine rings is 1. The third-order valence-corrected chi connectivity index (χ3v) is 2.82. The molecule has 16 heavy (non-hydrogen) atoms. The van der Waals surface area contributed by atoms with Crippen LogP contribution in [0.15, 0.2) is 18.7 Å². The minimum Gasteiger partial charge on any atom is -0.374 e. The maximum atomic E-state index is 5.66. The second-order valence-electron chi connectivity index (χ2n) is 4.26. The van der Waals surface area contributed by atoms with E-state index in [0.29, 0.717) is 6.10 Å². The molecule has 5 heteroatoms. The van der Waals surface area contributed by atoms with Crippen LogP contribution in [0.2, 0.25) is 0 Å². The number of nitrogens with zero attached hydrogens (tertiary/aromatic N) is 3. The molecule has 0 amide bonds. The molecule has 2 rings (SSSR count). The highest BCUT2D eigenvalue weighted by Crippen LogP contribution is 2.01. The Morgan fingerprint density at radius 3 is 3.25 bits per heavy atom. The minimum absolute atomic E-state index is 0.335. The maximum absolute atomic E-state index is 5.66. The summed E-state index contributed by atoms with van der Waals surface area (Å²) in [5, 5.41) is 3.41. The van der Waals surface area contributed by atoms with E-state index >= 15 is 0 Å². The molecule has 90 valence electrons. The van der Waals surface area contributed by atoms with Crippen molar-refractivity contribution in [2.24, 2.45) is 0 Å². The summed E-state index contributed by atoms with van der Waals surface area (Å²) >= 11 is 0. The van der Waals surface area contributed by atoms with E-state index in [4.69, 9.17) is 4.74 Å². The zero-order chi connectivity index (χ0) is 11.2. The Kier molecular flexibility index (Phi) is 4.33. The summed E-state index contributed by atoms with van der Waals surface area (Å²) in [4.78, 5) is 6.32. The fraction of sp³-hybridized carbons (Fsp3) is 0.727. The Morgan fingerprint density at radius 1 is 1.56 bits per heavy atom. The summed E-state index contributed by atoms with van der Waals surface area (Å²) in [7, 11) is 2.14. The zero-order valence-corrected chi connectivity index (χ0v) is 9.80. The first kappa shape index (κ1) is 11.6. The van der Waals surface area contributed by atoms with Gasteiger partial charge in [-0.1, -0.05) is 0 Å². The molecule has 1 atom stereocenters. The molecule has 0 spiro atoms. The van der Waals surface area contributed by atoms with Gasteiger partial charge in [-0.25, -0.2) is 4.98 Å². The average Bonchev–Trinajstić information content (AvgIpc) is 2.77. The lowest BCUT2D eigenvalue weighted by Gasteiger charge is -2.30. The van der Waals surface area contributed by atoms with Gasteiger partial charge >= 0.3 is 0 Å². The van der Waals surface area contributed by atoms with Gasteiger partial charge in [-0.15, -0.1) is 0 Å². The van der Waals surface area contributed by atoms with Gasteiger partial charge in [0, 0.05) is 45.1 Å². The van der Waals surface area contributed by atoms with Crippen LogP contribution in [0.1, 0.15) is 0 Å². The van der Waals surface area contributed by atoms with E-state index in [0.717, 1.165) is 39.3 Å². The Balaban J connectivity index is 1.57. The van der Waals surface area contributed by atoms with Gasteiger partial charge < -0.3 is 19.5 Å². The molecular formula is C11H20N4O. The average molecular weight is 224 g/mol. The number of rotatable bonds is 5. The number of ether oxygens (including phenoxy) is 1. The van der Waals surface area contributed by atoms with Gasteiger partial charge in [0.05, 0.1) is 19.0 Å². The quantitative estimate of drug-likeness (QED) is 0.704. The number of likely N-dealkylation sites (N-methyl/N-ethyl adjacent to an activating group) is 1. The maximum Gasteiger partial charge on any atom is 0.0946 e. The third-order valence-electron chi connectivity index (χ3n) is 2.82. The number of imidazole rings is 1. The highest BCUT2D eigenvalue weighted by Gasteiger charge is 2.16. The van der Waals surface area contributed by atoms with Crippen LogP contribution in [-0.4, -0.2) is 60.4 Å². The summed E-state index contributed by atoms with van der Waals surface area (Å²) in [5.74, 6) is 0. The molecule has 2 heterocycles. The van der Waals surface area contributed by atoms with Gasteiger partial charge in [-0.2, -0.15) is 0 Å². The lowest BCUT2D eigenvalue weighted by Crippen LogP contribution is -2.45. The van der Waals surface area contributed by atoms with Crippen LogP contribution in [0.25, 0.3) is 0 Å². The van der Waals surface area contributed by atoms with Crippen molar-refractivity contribution in [2.75, 3.05) is 39.8 Å². The Morgan fingerprint density at radius 2 is 2.50 bits per heavy atom. The van der Waals surface area contributed by atoms with E-state index in [2.05, 4.69) is 26.8 Å². The molecule has 0 bridgehead atoms. The van der Waals surface area contributed by atoms with Gasteiger partial charge in [0.15, 0.2) is 0 Å². The molecule has 0 radical (unpaired) electrons. The van der Waals surface area contributed by atoms with Gasteiger partial charge in [0.2, 0.25) is 0 Å². The van der Waals surface area contributed by atoms with Crippen LogP contribution >= 0.6 is 0 Å². The van der Waals surface area contributed by atoms with Gasteiger partial charge in [0.1, 0.15) is 0 Å². The number of hydrogen-bond donors (Lipinski definition) is 1.